The van der Waals surface area contributed by atoms with Crippen LogP contribution in [0.2, 0.25) is 0 Å². The van der Waals surface area contributed by atoms with Crippen molar-refractivity contribution in [1.82, 2.24) is 0 Å². The van der Waals surface area contributed by atoms with Gasteiger partial charge < -0.3 is 4.74 Å². The third-order valence-corrected chi connectivity index (χ3v) is 5.21. The lowest BCUT2D eigenvalue weighted by Gasteiger charge is -2.18. The Morgan fingerprint density at radius 2 is 2.05 bits per heavy atom. The summed E-state index contributed by atoms with van der Waals surface area (Å²) in [7, 11) is -0.00341. The van der Waals surface area contributed by atoms with Gasteiger partial charge in [-0.1, -0.05) is 23.1 Å². The van der Waals surface area contributed by atoms with Crippen LogP contribution in [0.4, 0.5) is 8.78 Å². The number of ether oxygens (including phenoxy) is 1. The lowest BCUT2D eigenvalue weighted by atomic mass is 10.1. The van der Waals surface area contributed by atoms with E-state index in [1.165, 1.54) is 34.7 Å². The summed E-state index contributed by atoms with van der Waals surface area (Å²) in [6.45, 7) is 4.58. The maximum absolute atomic E-state index is 13.8. The van der Waals surface area contributed by atoms with Gasteiger partial charge in [-0.2, -0.15) is 8.78 Å². The number of hydrogen-bond donors (Lipinski definition) is 0. The minimum absolute atomic E-state index is 0.0428. The molecular weight excluding hydrogens is 315 g/mol. The van der Waals surface area contributed by atoms with E-state index in [4.69, 9.17) is 4.74 Å². The minimum Gasteiger partial charge on any atom is -0.494 e. The van der Waals surface area contributed by atoms with Crippen LogP contribution in [-0.4, -0.2) is 24.1 Å². The Kier molecular flexibility index (Phi) is 6.11. The highest BCUT2D eigenvalue weighted by Gasteiger charge is 2.31. The number of hydrogen-bond acceptors (Lipinski definition) is 3. The predicted molar refractivity (Wildman–Crippen MR) is 85.7 cm³/mol. The minimum atomic E-state index is -3.18. The zero-order valence-corrected chi connectivity index (χ0v) is 14.7. The summed E-state index contributed by atoms with van der Waals surface area (Å²) in [5, 5.41) is 0. The number of rotatable bonds is 6. The molecule has 3 nitrogen and oxygen atoms in total. The first-order valence-corrected chi connectivity index (χ1v) is 9.12. The van der Waals surface area contributed by atoms with Crippen molar-refractivity contribution in [2.45, 2.75) is 30.8 Å². The molecule has 0 aromatic heterocycles. The van der Waals surface area contributed by atoms with Gasteiger partial charge in [-0.05, 0) is 30.5 Å². The lowest BCUT2D eigenvalue weighted by molar-refractivity contribution is 0.100. The summed E-state index contributed by atoms with van der Waals surface area (Å²) in [5.41, 5.74) is -3.51. The summed E-state index contributed by atoms with van der Waals surface area (Å²) >= 11 is 0. The Morgan fingerprint density at radius 3 is 2.52 bits per heavy atom. The monoisotopic (exact) mass is 337 g/mol. The first kappa shape index (κ1) is 18.3. The molecule has 0 aliphatic rings. The molecule has 21 heavy (non-hydrogen) atoms. The van der Waals surface area contributed by atoms with E-state index in [0.29, 0.717) is 18.3 Å². The van der Waals surface area contributed by atoms with Gasteiger partial charge in [0.2, 0.25) is 0 Å². The highest BCUT2D eigenvalue weighted by Crippen LogP contribution is 2.40. The van der Waals surface area contributed by atoms with E-state index in [9.17, 15) is 13.0 Å². The maximum atomic E-state index is 13.8. The van der Waals surface area contributed by atoms with E-state index in [1.54, 1.807) is 6.07 Å². The molecule has 0 N–H and O–H groups in total. The molecule has 0 heterocycles. The van der Waals surface area contributed by atoms with Gasteiger partial charge in [0, 0.05) is 18.9 Å². The molecule has 0 aliphatic heterocycles. The van der Waals surface area contributed by atoms with Crippen molar-refractivity contribution < 1.29 is 17.7 Å². The summed E-state index contributed by atoms with van der Waals surface area (Å²) in [5.74, 6) is 0.822. The molecule has 0 aliphatic carbocycles. The van der Waals surface area contributed by atoms with Gasteiger partial charge in [0.25, 0.3) is 5.66 Å². The van der Waals surface area contributed by atoms with Crippen molar-refractivity contribution in [3.05, 3.63) is 23.8 Å². The molecule has 1 rings (SSSR count). The second-order valence-electron chi connectivity index (χ2n) is 5.30. The molecule has 0 saturated heterocycles. The SMILES string of the molecule is CN=S(C)(=O)c1ccc(OCCC(C)C)cc1C(F)(F)P. The van der Waals surface area contributed by atoms with Gasteiger partial charge in [-0.15, -0.1) is 0 Å². The number of halogens is 2. The van der Waals surface area contributed by atoms with E-state index >= 15 is 0 Å². The van der Waals surface area contributed by atoms with Crippen molar-refractivity contribution in [3.63, 3.8) is 0 Å². The van der Waals surface area contributed by atoms with E-state index in [-0.39, 0.29) is 10.5 Å². The zero-order chi connectivity index (χ0) is 16.3. The van der Waals surface area contributed by atoms with Gasteiger partial charge >= 0.3 is 0 Å². The van der Waals surface area contributed by atoms with Crippen LogP contribution in [-0.2, 0) is 15.4 Å². The topological polar surface area (TPSA) is 38.7 Å². The zero-order valence-electron chi connectivity index (χ0n) is 12.7. The third kappa shape index (κ3) is 5.19. The average Bonchev–Trinajstić information content (AvgIpc) is 2.37. The first-order valence-electron chi connectivity index (χ1n) is 6.62. The first-order chi connectivity index (χ1) is 9.58. The molecule has 120 valence electrons. The Balaban J connectivity index is 3.18. The molecule has 0 fully saturated rings. The standard InChI is InChI=1S/C14H22F2NO2PS/c1-10(2)7-8-19-11-5-6-13(21(4,18)17-3)12(9-11)14(15,16)20/h5-6,9-10H,7-8,20H2,1-4H3. The molecule has 1 aromatic rings. The van der Waals surface area contributed by atoms with Gasteiger partial charge in [0.1, 0.15) is 5.75 Å². The quantitative estimate of drug-likeness (QED) is 0.732. The van der Waals surface area contributed by atoms with Gasteiger partial charge in [0.15, 0.2) is 0 Å². The largest absolute Gasteiger partial charge is 0.494 e. The van der Waals surface area contributed by atoms with Crippen LogP contribution in [0.15, 0.2) is 27.5 Å². The summed E-state index contributed by atoms with van der Waals surface area (Å²) in [6, 6.07) is 4.22. The highest BCUT2D eigenvalue weighted by molar-refractivity contribution is 7.93. The van der Waals surface area contributed by atoms with E-state index in [0.717, 1.165) is 6.42 Å². The molecule has 2 unspecified atom stereocenters. The van der Waals surface area contributed by atoms with Crippen molar-refractivity contribution in [1.29, 1.82) is 0 Å². The fourth-order valence-electron chi connectivity index (χ4n) is 1.70. The van der Waals surface area contributed by atoms with Gasteiger partial charge in [-0.3, -0.25) is 0 Å². The van der Waals surface area contributed by atoms with E-state index in [1.807, 2.05) is 0 Å². The van der Waals surface area contributed by atoms with Crippen molar-refractivity contribution in [2.24, 2.45) is 10.3 Å². The lowest BCUT2D eigenvalue weighted by Crippen LogP contribution is -2.12. The predicted octanol–water partition coefficient (Wildman–Crippen LogP) is 4.12. The normalized spacial score (nSPS) is 14.9. The van der Waals surface area contributed by atoms with E-state index in [2.05, 4.69) is 18.2 Å². The van der Waals surface area contributed by atoms with Gasteiger partial charge in [-0.25, -0.2) is 8.57 Å². The Bertz CT molecular complexity index is 605. The maximum Gasteiger partial charge on any atom is 0.285 e. The Labute approximate surface area is 127 Å². The molecule has 0 radical (unpaired) electrons. The number of nitrogens with zero attached hydrogens (tertiary/aromatic N) is 1. The van der Waals surface area contributed by atoms with Crippen molar-refractivity contribution >= 4 is 19.0 Å². The van der Waals surface area contributed by atoms with Crippen LogP contribution in [0.3, 0.4) is 0 Å². The third-order valence-electron chi connectivity index (χ3n) is 3.03. The molecule has 0 bridgehead atoms. The molecule has 7 heteroatoms. The van der Waals surface area contributed by atoms with Crippen LogP contribution in [0, 0.1) is 5.92 Å². The summed E-state index contributed by atoms with van der Waals surface area (Å²) in [6.07, 6.45) is 2.19. The van der Waals surface area contributed by atoms with Crippen LogP contribution in [0.5, 0.6) is 5.75 Å². The molecule has 0 amide bonds. The Morgan fingerprint density at radius 1 is 1.43 bits per heavy atom. The molecule has 1 aromatic carbocycles. The van der Waals surface area contributed by atoms with Crippen LogP contribution in [0.25, 0.3) is 0 Å². The van der Waals surface area contributed by atoms with Gasteiger partial charge in [0.05, 0.1) is 21.2 Å². The summed E-state index contributed by atoms with van der Waals surface area (Å²) < 4.78 is 49.0. The fraction of sp³-hybridized carbons (Fsp3) is 0.571. The number of benzene rings is 1. The second-order valence-corrected chi connectivity index (χ2v) is 8.43. The molecule has 0 saturated carbocycles. The van der Waals surface area contributed by atoms with Crippen molar-refractivity contribution in [3.8, 4) is 5.75 Å². The highest BCUT2D eigenvalue weighted by atomic mass is 32.2. The molecule has 2 atom stereocenters. The van der Waals surface area contributed by atoms with Crippen LogP contribution in [0.1, 0.15) is 25.8 Å². The van der Waals surface area contributed by atoms with E-state index < -0.39 is 15.4 Å². The fourth-order valence-corrected chi connectivity index (χ4v) is 3.16. The average molecular weight is 337 g/mol. The smallest absolute Gasteiger partial charge is 0.285 e. The molecular formula is C14H22F2NO2PS. The Hall–Kier alpha value is -0.740. The number of alkyl halides is 2. The van der Waals surface area contributed by atoms with Crippen molar-refractivity contribution in [2.75, 3.05) is 19.9 Å². The summed E-state index contributed by atoms with van der Waals surface area (Å²) in [4.78, 5) is 0.0428. The van der Waals surface area contributed by atoms with Crippen LogP contribution >= 0.6 is 9.24 Å². The van der Waals surface area contributed by atoms with Crippen LogP contribution < -0.4 is 4.74 Å². The molecule has 0 spiro atoms. The second kappa shape index (κ2) is 7.01.